The Morgan fingerprint density at radius 3 is 2.22 bits per heavy atom. The summed E-state index contributed by atoms with van der Waals surface area (Å²) in [4.78, 5) is 4.35. The molecule has 2 atom stereocenters. The van der Waals surface area contributed by atoms with E-state index >= 15 is 0 Å². The van der Waals surface area contributed by atoms with Gasteiger partial charge < -0.3 is 30.7 Å². The Hall–Kier alpha value is -2.91. The van der Waals surface area contributed by atoms with Crippen LogP contribution in [0.1, 0.15) is 31.0 Å². The van der Waals surface area contributed by atoms with Crippen LogP contribution in [0.2, 0.25) is 0 Å². The normalized spacial score (nSPS) is 17.6. The van der Waals surface area contributed by atoms with Gasteiger partial charge in [0.1, 0.15) is 11.7 Å². The fourth-order valence-corrected chi connectivity index (χ4v) is 5.03. The van der Waals surface area contributed by atoms with Crippen molar-refractivity contribution in [3.05, 3.63) is 52.9 Å². The maximum Gasteiger partial charge on any atom is 0.274 e. The Morgan fingerprint density at radius 2 is 1.56 bits per heavy atom. The first-order chi connectivity index (χ1) is 17.2. The van der Waals surface area contributed by atoms with Gasteiger partial charge in [-0.2, -0.15) is 0 Å². The number of aromatic nitrogens is 1. The summed E-state index contributed by atoms with van der Waals surface area (Å²) in [6.07, 6.45) is 4.08. The van der Waals surface area contributed by atoms with Crippen LogP contribution in [0.25, 0.3) is 27.4 Å². The summed E-state index contributed by atoms with van der Waals surface area (Å²) in [6, 6.07) is 9.90. The molecule has 36 heavy (non-hydrogen) atoms. The van der Waals surface area contributed by atoms with Gasteiger partial charge in [0.2, 0.25) is 5.69 Å². The minimum atomic E-state index is -0.206. The van der Waals surface area contributed by atoms with Crippen molar-refractivity contribution in [2.45, 2.75) is 32.7 Å². The molecule has 0 saturated heterocycles. The highest BCUT2D eigenvalue weighted by molar-refractivity contribution is 6.11. The lowest BCUT2D eigenvalue weighted by Crippen LogP contribution is -3.06. The monoisotopic (exact) mass is 493 g/mol. The zero-order chi connectivity index (χ0) is 26.0. The molecule has 1 aromatic heterocycles. The number of hydroxylamine groups is 1. The van der Waals surface area contributed by atoms with Crippen LogP contribution in [0.3, 0.4) is 0 Å². The summed E-state index contributed by atoms with van der Waals surface area (Å²) >= 11 is 0. The smallest absolute Gasteiger partial charge is 0.274 e. The molecule has 0 radical (unpaired) electrons. The van der Waals surface area contributed by atoms with Crippen LogP contribution in [0.15, 0.2) is 36.4 Å². The minimum absolute atomic E-state index is 0.118. The molecule has 8 nitrogen and oxygen atoms in total. The van der Waals surface area contributed by atoms with E-state index in [-0.39, 0.29) is 11.1 Å². The third kappa shape index (κ3) is 5.27. The molecule has 2 unspecified atom stereocenters. The fraction of sp³-hybridized carbons (Fsp3) is 0.464. The molecular formula is C28H41N6O2+. The summed E-state index contributed by atoms with van der Waals surface area (Å²) in [5.41, 5.74) is 5.15. The van der Waals surface area contributed by atoms with Crippen molar-refractivity contribution in [1.29, 1.82) is 0 Å². The van der Waals surface area contributed by atoms with Crippen molar-refractivity contribution in [2.24, 2.45) is 0 Å². The standard InChI is InChI=1S/C28H40N6O2/c1-19-17-25(29-13-7-15-31(3)4)23-11-10-22-21(27(23)33(19)35)9-12-24-26(30-14-8-16-32(5)6)18-20(2)34(36)28(22)24/h9-12,17-19,29,33,36H,7-8,13-16H2,1-6H3/p+1. The molecule has 2 heterocycles. The van der Waals surface area contributed by atoms with Gasteiger partial charge in [-0.1, -0.05) is 0 Å². The Kier molecular flexibility index (Phi) is 8.00. The SMILES string of the molecule is Cc1cc(NCCCN(C)C)c2ccc3c4c(ccc3c2[n+]1O)C(NCCCN(C)C)=CC(C)[NH+]4[O-]. The molecule has 1 aliphatic rings. The quantitative estimate of drug-likeness (QED) is 0.114. The van der Waals surface area contributed by atoms with E-state index < -0.39 is 0 Å². The van der Waals surface area contributed by atoms with Crippen molar-refractivity contribution in [1.82, 2.24) is 15.1 Å². The number of nitrogens with one attached hydrogen (secondary N) is 3. The first kappa shape index (κ1) is 26.2. The molecule has 4 rings (SSSR count). The molecule has 0 aliphatic carbocycles. The summed E-state index contributed by atoms with van der Waals surface area (Å²) in [5, 5.41) is 34.4. The van der Waals surface area contributed by atoms with Crippen LogP contribution in [0, 0.1) is 12.1 Å². The first-order valence-electron chi connectivity index (χ1n) is 12.9. The summed E-state index contributed by atoms with van der Waals surface area (Å²) in [5.74, 6) is 0. The molecule has 0 amide bonds. The van der Waals surface area contributed by atoms with E-state index in [4.69, 9.17) is 0 Å². The highest BCUT2D eigenvalue weighted by atomic mass is 16.5. The largest absolute Gasteiger partial charge is 0.628 e. The predicted octanol–water partition coefficient (Wildman–Crippen LogP) is 2.49. The predicted molar refractivity (Wildman–Crippen MR) is 148 cm³/mol. The van der Waals surface area contributed by atoms with Gasteiger partial charge in [0.05, 0.1) is 27.4 Å². The lowest BCUT2D eigenvalue weighted by molar-refractivity contribution is -0.888. The number of benzene rings is 2. The highest BCUT2D eigenvalue weighted by Crippen LogP contribution is 2.36. The van der Waals surface area contributed by atoms with Crippen LogP contribution >= 0.6 is 0 Å². The van der Waals surface area contributed by atoms with Crippen molar-refractivity contribution in [3.8, 4) is 0 Å². The lowest BCUT2D eigenvalue weighted by Gasteiger charge is -2.34. The van der Waals surface area contributed by atoms with Gasteiger partial charge in [-0.05, 0) is 91.4 Å². The van der Waals surface area contributed by atoms with Crippen molar-refractivity contribution >= 4 is 38.7 Å². The molecule has 194 valence electrons. The van der Waals surface area contributed by atoms with Crippen LogP contribution in [0.5, 0.6) is 0 Å². The average molecular weight is 494 g/mol. The summed E-state index contributed by atoms with van der Waals surface area (Å²) in [6.45, 7) is 7.55. The lowest BCUT2D eigenvalue weighted by atomic mass is 9.94. The number of anilines is 1. The third-order valence-electron chi connectivity index (χ3n) is 6.92. The van der Waals surface area contributed by atoms with Gasteiger partial charge in [-0.15, -0.1) is 0 Å². The number of nitrogens with zero attached hydrogens (tertiary/aromatic N) is 3. The zero-order valence-electron chi connectivity index (χ0n) is 22.5. The van der Waals surface area contributed by atoms with E-state index in [1.807, 2.05) is 50.3 Å². The summed E-state index contributed by atoms with van der Waals surface area (Å²) in [7, 11) is 8.30. The highest BCUT2D eigenvalue weighted by Gasteiger charge is 2.29. The van der Waals surface area contributed by atoms with Gasteiger partial charge in [-0.25, -0.2) is 0 Å². The van der Waals surface area contributed by atoms with E-state index in [1.165, 1.54) is 4.73 Å². The van der Waals surface area contributed by atoms with Gasteiger partial charge in [0.15, 0.2) is 0 Å². The average Bonchev–Trinajstić information content (AvgIpc) is 2.83. The van der Waals surface area contributed by atoms with Crippen LogP contribution in [0.4, 0.5) is 11.4 Å². The Bertz CT molecular complexity index is 1270. The van der Waals surface area contributed by atoms with Crippen LogP contribution < -0.4 is 20.4 Å². The molecule has 0 bridgehead atoms. The number of hydrogen-bond acceptors (Lipinski definition) is 6. The molecule has 3 aromatic rings. The van der Waals surface area contributed by atoms with Crippen molar-refractivity contribution in [3.63, 3.8) is 0 Å². The molecule has 0 fully saturated rings. The number of rotatable bonds is 10. The molecular weight excluding hydrogens is 452 g/mol. The maximum atomic E-state index is 13.4. The second-order valence-electron chi connectivity index (χ2n) is 10.5. The van der Waals surface area contributed by atoms with Crippen molar-refractivity contribution < 1.29 is 15.0 Å². The van der Waals surface area contributed by atoms with E-state index in [2.05, 4.69) is 48.6 Å². The first-order valence-corrected chi connectivity index (χ1v) is 12.9. The summed E-state index contributed by atoms with van der Waals surface area (Å²) < 4.78 is 1.25. The van der Waals surface area contributed by atoms with E-state index in [0.29, 0.717) is 0 Å². The van der Waals surface area contributed by atoms with Gasteiger partial charge in [0, 0.05) is 36.5 Å². The molecule has 1 aliphatic heterocycles. The number of aryl methyl sites for hydroxylation is 1. The number of quaternary nitrogens is 1. The second-order valence-corrected chi connectivity index (χ2v) is 10.5. The minimum Gasteiger partial charge on any atom is -0.628 e. The Balaban J connectivity index is 1.76. The number of fused-ring (bicyclic) bond motifs is 5. The number of pyridine rings is 1. The molecule has 8 heteroatoms. The zero-order valence-corrected chi connectivity index (χ0v) is 22.5. The van der Waals surface area contributed by atoms with E-state index in [1.54, 1.807) is 0 Å². The maximum absolute atomic E-state index is 13.4. The molecule has 2 aromatic carbocycles. The fourth-order valence-electron chi connectivity index (χ4n) is 5.03. The second kappa shape index (κ2) is 11.0. The number of hydrogen-bond donors (Lipinski definition) is 4. The van der Waals surface area contributed by atoms with Crippen molar-refractivity contribution in [2.75, 3.05) is 59.7 Å². The topological polar surface area (TPSA) is 82.1 Å². The van der Waals surface area contributed by atoms with Crippen LogP contribution in [-0.4, -0.2) is 75.4 Å². The molecule has 0 saturated carbocycles. The van der Waals surface area contributed by atoms with Gasteiger partial charge in [-0.3, -0.25) is 5.21 Å². The van der Waals surface area contributed by atoms with E-state index in [9.17, 15) is 10.4 Å². The third-order valence-corrected chi connectivity index (χ3v) is 6.92. The van der Waals surface area contributed by atoms with Crippen LogP contribution in [-0.2, 0) is 0 Å². The van der Waals surface area contributed by atoms with Gasteiger partial charge >= 0.3 is 0 Å². The molecule has 0 spiro atoms. The van der Waals surface area contributed by atoms with Gasteiger partial charge in [0.25, 0.3) is 5.52 Å². The molecule has 4 N–H and O–H groups in total. The van der Waals surface area contributed by atoms with E-state index in [0.717, 1.165) is 89.0 Å². The Labute approximate surface area is 214 Å². The Morgan fingerprint density at radius 1 is 0.944 bits per heavy atom.